The Kier molecular flexibility index (Phi) is 7.62. The van der Waals surface area contributed by atoms with Crippen molar-refractivity contribution < 1.29 is 13.9 Å². The Morgan fingerprint density at radius 2 is 2.10 bits per heavy atom. The number of thiazole rings is 1. The number of methoxy groups -OCH3 is 1. The van der Waals surface area contributed by atoms with Crippen LogP contribution in [0, 0.1) is 11.7 Å². The average Bonchev–Trinajstić information content (AvgIpc) is 3.28. The van der Waals surface area contributed by atoms with Gasteiger partial charge in [-0.3, -0.25) is 4.99 Å². The van der Waals surface area contributed by atoms with Gasteiger partial charge in [0.1, 0.15) is 11.9 Å². The maximum atomic E-state index is 13.7. The van der Waals surface area contributed by atoms with Gasteiger partial charge in [0.15, 0.2) is 10.8 Å². The van der Waals surface area contributed by atoms with Crippen molar-refractivity contribution >= 4 is 51.5 Å². The Labute approximate surface area is 192 Å². The maximum absolute atomic E-state index is 13.7. The molecule has 6 nitrogen and oxygen atoms in total. The molecular formula is C20H21BrClFN4O2S. The van der Waals surface area contributed by atoms with Gasteiger partial charge >= 0.3 is 5.97 Å². The molecule has 1 aromatic heterocycles. The van der Waals surface area contributed by atoms with Crippen LogP contribution in [-0.2, 0) is 9.53 Å². The van der Waals surface area contributed by atoms with E-state index in [0.29, 0.717) is 21.4 Å². The number of rotatable bonds is 4. The molecule has 0 bridgehead atoms. The zero-order valence-electron chi connectivity index (χ0n) is 16.2. The van der Waals surface area contributed by atoms with Crippen molar-refractivity contribution in [1.82, 2.24) is 15.6 Å². The van der Waals surface area contributed by atoms with Crippen LogP contribution in [-0.4, -0.2) is 37.0 Å². The van der Waals surface area contributed by atoms with Crippen molar-refractivity contribution in [2.75, 3.05) is 20.2 Å². The monoisotopic (exact) mass is 514 g/mol. The Balaban J connectivity index is 0.00000256. The van der Waals surface area contributed by atoms with Crippen LogP contribution in [0.2, 0.25) is 0 Å². The summed E-state index contributed by atoms with van der Waals surface area (Å²) in [5.41, 5.74) is 1.99. The summed E-state index contributed by atoms with van der Waals surface area (Å²) in [5, 5.41) is 9.35. The number of allylic oxidation sites excluding steroid dienone is 1. The first-order chi connectivity index (χ1) is 14.1. The number of hydrogen-bond acceptors (Lipinski definition) is 7. The number of nitrogens with zero attached hydrogens (tertiary/aromatic N) is 2. The van der Waals surface area contributed by atoms with Gasteiger partial charge in [-0.2, -0.15) is 0 Å². The third-order valence-electron chi connectivity index (χ3n) is 5.12. The van der Waals surface area contributed by atoms with Crippen LogP contribution in [0.15, 0.2) is 50.5 Å². The number of piperidine rings is 1. The van der Waals surface area contributed by atoms with Crippen LogP contribution < -0.4 is 10.6 Å². The van der Waals surface area contributed by atoms with E-state index in [2.05, 4.69) is 31.5 Å². The van der Waals surface area contributed by atoms with E-state index in [1.165, 1.54) is 30.6 Å². The molecule has 160 valence electrons. The molecule has 2 aliphatic rings. The first-order valence-corrected chi connectivity index (χ1v) is 11.0. The van der Waals surface area contributed by atoms with Gasteiger partial charge in [-0.25, -0.2) is 14.2 Å². The quantitative estimate of drug-likeness (QED) is 0.603. The minimum absolute atomic E-state index is 0. The number of hydrogen-bond donors (Lipinski definition) is 2. The molecule has 2 N–H and O–H groups in total. The summed E-state index contributed by atoms with van der Waals surface area (Å²) in [6, 6.07) is 3.79. The van der Waals surface area contributed by atoms with Crippen molar-refractivity contribution in [3.05, 3.63) is 61.9 Å². The highest BCUT2D eigenvalue weighted by Crippen LogP contribution is 2.39. The lowest BCUT2D eigenvalue weighted by Gasteiger charge is -2.33. The van der Waals surface area contributed by atoms with Crippen LogP contribution in [0.25, 0.3) is 0 Å². The molecule has 10 heteroatoms. The summed E-state index contributed by atoms with van der Waals surface area (Å²) >= 11 is 4.91. The first-order valence-electron chi connectivity index (χ1n) is 9.31. The number of ether oxygens (including phenoxy) is 1. The topological polar surface area (TPSA) is 75.6 Å². The third-order valence-corrected chi connectivity index (χ3v) is 6.59. The lowest BCUT2D eigenvalue weighted by Crippen LogP contribution is -2.40. The van der Waals surface area contributed by atoms with Gasteiger partial charge in [0, 0.05) is 27.7 Å². The van der Waals surface area contributed by atoms with Gasteiger partial charge in [0.25, 0.3) is 0 Å². The number of halogens is 3. The number of carbonyl (C=O) groups excluding carboxylic acids is 1. The SMILES string of the molecule is COC(=O)C1=C(C2CCNCC2)NC(c2nccs2)=NC1c1ccc(F)cc1Br.Cl. The van der Waals surface area contributed by atoms with Crippen molar-refractivity contribution in [3.8, 4) is 0 Å². The van der Waals surface area contributed by atoms with E-state index in [1.54, 1.807) is 12.3 Å². The number of esters is 1. The molecule has 2 aromatic rings. The first kappa shape index (κ1) is 22.9. The van der Waals surface area contributed by atoms with Crippen molar-refractivity contribution in [3.63, 3.8) is 0 Å². The van der Waals surface area contributed by atoms with E-state index in [9.17, 15) is 9.18 Å². The van der Waals surface area contributed by atoms with Crippen molar-refractivity contribution in [2.24, 2.45) is 10.9 Å². The van der Waals surface area contributed by atoms with Crippen molar-refractivity contribution in [1.29, 1.82) is 0 Å². The molecule has 1 atom stereocenters. The molecule has 30 heavy (non-hydrogen) atoms. The van der Waals surface area contributed by atoms with Crippen molar-refractivity contribution in [2.45, 2.75) is 18.9 Å². The molecule has 1 unspecified atom stereocenters. The number of nitrogens with one attached hydrogen (secondary N) is 2. The molecule has 3 heterocycles. The summed E-state index contributed by atoms with van der Waals surface area (Å²) < 4.78 is 19.4. The normalized spacial score (nSPS) is 19.6. The Morgan fingerprint density at radius 1 is 1.33 bits per heavy atom. The summed E-state index contributed by atoms with van der Waals surface area (Å²) in [7, 11) is 1.37. The summed E-state index contributed by atoms with van der Waals surface area (Å²) in [5.74, 6) is -0.0185. The summed E-state index contributed by atoms with van der Waals surface area (Å²) in [4.78, 5) is 22.1. The van der Waals surface area contributed by atoms with Gasteiger partial charge in [-0.15, -0.1) is 23.7 Å². The minimum Gasteiger partial charge on any atom is -0.466 e. The van der Waals surface area contributed by atoms with Crippen LogP contribution in [0.3, 0.4) is 0 Å². The lowest BCUT2D eigenvalue weighted by atomic mass is 9.86. The smallest absolute Gasteiger partial charge is 0.338 e. The van der Waals surface area contributed by atoms with Crippen LogP contribution >= 0.6 is 39.7 Å². The summed E-state index contributed by atoms with van der Waals surface area (Å²) in [6.45, 7) is 1.75. The molecular weight excluding hydrogens is 495 g/mol. The average molecular weight is 516 g/mol. The fourth-order valence-corrected chi connectivity index (χ4v) is 4.88. The molecule has 1 saturated heterocycles. The highest BCUT2D eigenvalue weighted by molar-refractivity contribution is 9.10. The maximum Gasteiger partial charge on any atom is 0.338 e. The lowest BCUT2D eigenvalue weighted by molar-refractivity contribution is -0.136. The zero-order chi connectivity index (χ0) is 20.4. The fraction of sp³-hybridized carbons (Fsp3) is 0.350. The number of carbonyl (C=O) groups is 1. The second-order valence-corrected chi connectivity index (χ2v) is 8.60. The number of aliphatic imine (C=N–C) groups is 1. The predicted octanol–water partition coefficient (Wildman–Crippen LogP) is 3.98. The standard InChI is InChI=1S/C20H20BrFN4O2S.ClH/c1-28-20(27)15-16(11-4-6-23-7-5-11)25-18(19-24-8-9-29-19)26-17(15)13-3-2-12(22)10-14(13)21;/h2-3,8-11,17,23H,4-7H2,1H3,(H,25,26);1H. The molecule has 2 aliphatic heterocycles. The molecule has 1 aromatic carbocycles. The van der Waals surface area contributed by atoms with Gasteiger partial charge in [-0.05, 0) is 43.6 Å². The molecule has 0 spiro atoms. The zero-order valence-corrected chi connectivity index (χ0v) is 19.4. The van der Waals surface area contributed by atoms with E-state index in [1.807, 2.05) is 5.38 Å². The molecule has 4 rings (SSSR count). The van der Waals surface area contributed by atoms with Crippen LogP contribution in [0.5, 0.6) is 0 Å². The third kappa shape index (κ3) is 4.59. The Morgan fingerprint density at radius 3 is 2.73 bits per heavy atom. The van der Waals surface area contributed by atoms with E-state index >= 15 is 0 Å². The molecule has 0 radical (unpaired) electrons. The van der Waals surface area contributed by atoms with Gasteiger partial charge in [-0.1, -0.05) is 22.0 Å². The Bertz CT molecular complexity index is 977. The largest absolute Gasteiger partial charge is 0.466 e. The minimum atomic E-state index is -0.623. The Hall–Kier alpha value is -1.81. The molecule has 1 fully saturated rings. The van der Waals surface area contributed by atoms with Crippen LogP contribution in [0.1, 0.15) is 29.5 Å². The highest BCUT2D eigenvalue weighted by atomic mass is 79.9. The second kappa shape index (κ2) is 10.00. The van der Waals surface area contributed by atoms with Gasteiger partial charge in [0.05, 0.1) is 12.7 Å². The van der Waals surface area contributed by atoms with E-state index in [4.69, 9.17) is 9.73 Å². The molecule has 0 aliphatic carbocycles. The fourth-order valence-electron chi connectivity index (χ4n) is 3.73. The number of aromatic nitrogens is 1. The van der Waals surface area contributed by atoms with Crippen LogP contribution in [0.4, 0.5) is 4.39 Å². The molecule has 0 saturated carbocycles. The second-order valence-electron chi connectivity index (χ2n) is 6.85. The van der Waals surface area contributed by atoms with Gasteiger partial charge < -0.3 is 15.4 Å². The highest BCUT2D eigenvalue weighted by Gasteiger charge is 2.36. The number of benzene rings is 1. The summed E-state index contributed by atoms with van der Waals surface area (Å²) in [6.07, 6.45) is 3.51. The van der Waals surface area contributed by atoms with Gasteiger partial charge in [0.2, 0.25) is 0 Å². The van der Waals surface area contributed by atoms with E-state index < -0.39 is 12.0 Å². The van der Waals surface area contributed by atoms with E-state index in [0.717, 1.165) is 36.6 Å². The van der Waals surface area contributed by atoms with E-state index in [-0.39, 0.29) is 24.1 Å². The predicted molar refractivity (Wildman–Crippen MR) is 121 cm³/mol. The number of amidine groups is 1. The molecule has 0 amide bonds.